The first-order valence-corrected chi connectivity index (χ1v) is 9.62. The number of aromatic nitrogens is 1. The van der Waals surface area contributed by atoms with E-state index in [9.17, 15) is 8.42 Å². The molecule has 1 aromatic rings. The van der Waals surface area contributed by atoms with Gasteiger partial charge in [0.15, 0.2) is 12.4 Å². The average molecular weight is 316 g/mol. The van der Waals surface area contributed by atoms with Gasteiger partial charge in [-0.25, -0.2) is 4.57 Å². The van der Waals surface area contributed by atoms with Gasteiger partial charge in [0.05, 0.1) is 6.26 Å². The van der Waals surface area contributed by atoms with E-state index in [1.165, 1.54) is 57.1 Å². The molecule has 5 heteroatoms. The molecule has 0 fully saturated rings. The topological polar surface area (TPSA) is 58.2 Å². The van der Waals surface area contributed by atoms with Gasteiger partial charge in [0.1, 0.15) is 6.54 Å². The van der Waals surface area contributed by atoms with Crippen LogP contribution in [0.15, 0.2) is 24.5 Å². The van der Waals surface area contributed by atoms with Gasteiger partial charge in [-0.05, 0) is 24.8 Å². The number of hydrogen-bond donors (Lipinski definition) is 1. The molecule has 1 rings (SSSR count). The zero-order chi connectivity index (χ0) is 16.1. The van der Waals surface area contributed by atoms with Crippen LogP contribution in [0.25, 0.3) is 0 Å². The predicted molar refractivity (Wildman–Crippen MR) is 86.9 cm³/mol. The summed E-state index contributed by atoms with van der Waals surface area (Å²) < 4.78 is 28.2. The maximum Gasteiger partial charge on any atom is 0.261 e. The van der Waals surface area contributed by atoms with E-state index >= 15 is 0 Å². The molecule has 1 heterocycles. The smallest absolute Gasteiger partial charge is 0.261 e. The van der Waals surface area contributed by atoms with E-state index in [-0.39, 0.29) is 0 Å². The summed E-state index contributed by atoms with van der Waals surface area (Å²) in [6.45, 7) is 5.68. The van der Waals surface area contributed by atoms with Crippen LogP contribution in [0.1, 0.15) is 57.9 Å². The minimum absolute atomic E-state index is 0.715. The van der Waals surface area contributed by atoms with Crippen LogP contribution in [-0.4, -0.2) is 19.2 Å². The van der Waals surface area contributed by atoms with Crippen LogP contribution in [0.2, 0.25) is 0 Å². The highest BCUT2D eigenvalue weighted by atomic mass is 32.2. The minimum atomic E-state index is -3.67. The van der Waals surface area contributed by atoms with E-state index in [1.54, 1.807) is 0 Å². The zero-order valence-electron chi connectivity index (χ0n) is 13.6. The molecule has 0 radical (unpaired) electrons. The molecular formula is C16H30NO3S+. The molecule has 0 spiro atoms. The van der Waals surface area contributed by atoms with E-state index in [2.05, 4.69) is 42.9 Å². The zero-order valence-corrected chi connectivity index (χ0v) is 14.4. The third-order valence-corrected chi connectivity index (χ3v) is 3.05. The number of pyridine rings is 1. The van der Waals surface area contributed by atoms with E-state index < -0.39 is 10.1 Å². The fourth-order valence-electron chi connectivity index (χ4n) is 1.91. The Kier molecular flexibility index (Phi) is 11.2. The van der Waals surface area contributed by atoms with Crippen LogP contribution in [0.5, 0.6) is 0 Å². The van der Waals surface area contributed by atoms with Crippen LogP contribution in [0.4, 0.5) is 0 Å². The quantitative estimate of drug-likeness (QED) is 0.454. The number of nitrogens with zero attached hydrogens (tertiary/aromatic N) is 1. The van der Waals surface area contributed by atoms with Crippen LogP contribution in [-0.2, 0) is 23.1 Å². The van der Waals surface area contributed by atoms with E-state index in [4.69, 9.17) is 4.55 Å². The molecule has 122 valence electrons. The Labute approximate surface area is 130 Å². The number of aryl methyl sites for hydroxylation is 2. The standard InChI is InChI=1S/C15H26N.CH4O3S/c1-3-5-7-8-12-16-13-10-15(11-14-16)9-6-4-2;1-5(2,3)4/h10-11,13-14H,3-9,12H2,1-2H3;1H3,(H,2,3,4)/q+1;. The molecule has 1 N–H and O–H groups in total. The van der Waals surface area contributed by atoms with Gasteiger partial charge in [-0.15, -0.1) is 0 Å². The van der Waals surface area contributed by atoms with Gasteiger partial charge >= 0.3 is 0 Å². The maximum absolute atomic E-state index is 9.19. The molecule has 0 saturated heterocycles. The molecule has 0 saturated carbocycles. The predicted octanol–water partition coefficient (Wildman–Crippen LogP) is 3.40. The van der Waals surface area contributed by atoms with Crippen molar-refractivity contribution in [1.29, 1.82) is 0 Å². The Morgan fingerprint density at radius 1 is 1.00 bits per heavy atom. The number of rotatable bonds is 8. The summed E-state index contributed by atoms with van der Waals surface area (Å²) in [5, 5.41) is 0. The van der Waals surface area contributed by atoms with Crippen molar-refractivity contribution in [2.24, 2.45) is 0 Å². The van der Waals surface area contributed by atoms with Crippen molar-refractivity contribution in [3.05, 3.63) is 30.1 Å². The Hall–Kier alpha value is -0.940. The van der Waals surface area contributed by atoms with E-state index in [0.717, 1.165) is 0 Å². The number of hydrogen-bond acceptors (Lipinski definition) is 2. The van der Waals surface area contributed by atoms with Gasteiger partial charge in [-0.1, -0.05) is 33.1 Å². The van der Waals surface area contributed by atoms with Gasteiger partial charge in [-0.3, -0.25) is 4.55 Å². The summed E-state index contributed by atoms with van der Waals surface area (Å²) in [7, 11) is -3.67. The third-order valence-electron chi connectivity index (χ3n) is 3.05. The lowest BCUT2D eigenvalue weighted by Gasteiger charge is -2.00. The van der Waals surface area contributed by atoms with Gasteiger partial charge in [0.25, 0.3) is 10.1 Å². The first kappa shape index (κ1) is 20.1. The van der Waals surface area contributed by atoms with Crippen LogP contribution in [0, 0.1) is 0 Å². The Bertz CT molecular complexity index is 447. The summed E-state index contributed by atoms with van der Waals surface area (Å²) in [5.74, 6) is 0. The molecular weight excluding hydrogens is 286 g/mol. The normalized spacial score (nSPS) is 10.9. The fraction of sp³-hybridized carbons (Fsp3) is 0.688. The van der Waals surface area contributed by atoms with Crippen LogP contribution < -0.4 is 4.57 Å². The van der Waals surface area contributed by atoms with Crippen LogP contribution >= 0.6 is 0 Å². The SMILES string of the molecule is CCCCCC[n+]1ccc(CCCC)cc1.CS(=O)(=O)O. The second-order valence-corrected chi connectivity index (χ2v) is 6.81. The van der Waals surface area contributed by atoms with Crippen molar-refractivity contribution < 1.29 is 17.5 Å². The molecule has 0 aliphatic rings. The van der Waals surface area contributed by atoms with Gasteiger partial charge in [-0.2, -0.15) is 8.42 Å². The summed E-state index contributed by atoms with van der Waals surface area (Å²) in [4.78, 5) is 0. The summed E-state index contributed by atoms with van der Waals surface area (Å²) in [5.41, 5.74) is 1.48. The molecule has 0 amide bonds. The highest BCUT2D eigenvalue weighted by molar-refractivity contribution is 7.85. The van der Waals surface area contributed by atoms with Crippen molar-refractivity contribution in [3.8, 4) is 0 Å². The molecule has 4 nitrogen and oxygen atoms in total. The number of unbranched alkanes of at least 4 members (excludes halogenated alkanes) is 4. The van der Waals surface area contributed by atoms with E-state index in [0.29, 0.717) is 6.26 Å². The second-order valence-electron chi connectivity index (χ2n) is 5.34. The molecule has 0 atom stereocenters. The molecule has 0 aliphatic heterocycles. The van der Waals surface area contributed by atoms with E-state index in [1.807, 2.05) is 0 Å². The summed E-state index contributed by atoms with van der Waals surface area (Å²) in [6, 6.07) is 4.55. The third kappa shape index (κ3) is 15.3. The molecule has 0 unspecified atom stereocenters. The first-order chi connectivity index (χ1) is 9.86. The summed E-state index contributed by atoms with van der Waals surface area (Å²) in [6.07, 6.45) is 14.4. The van der Waals surface area contributed by atoms with Gasteiger partial charge in [0, 0.05) is 18.6 Å². The minimum Gasteiger partial charge on any atom is -0.286 e. The molecule has 0 bridgehead atoms. The molecule has 1 aromatic heterocycles. The molecule has 0 aromatic carbocycles. The van der Waals surface area contributed by atoms with Gasteiger partial charge < -0.3 is 0 Å². The lowest BCUT2D eigenvalue weighted by Crippen LogP contribution is -2.32. The Balaban J connectivity index is 0.000000690. The van der Waals surface area contributed by atoms with Crippen molar-refractivity contribution in [2.75, 3.05) is 6.26 Å². The lowest BCUT2D eigenvalue weighted by molar-refractivity contribution is -0.697. The van der Waals surface area contributed by atoms with Crippen LogP contribution in [0.3, 0.4) is 0 Å². The summed E-state index contributed by atoms with van der Waals surface area (Å²) >= 11 is 0. The van der Waals surface area contributed by atoms with Crippen molar-refractivity contribution in [2.45, 2.75) is 65.3 Å². The monoisotopic (exact) mass is 316 g/mol. The van der Waals surface area contributed by atoms with Crippen molar-refractivity contribution >= 4 is 10.1 Å². The Morgan fingerprint density at radius 2 is 1.52 bits per heavy atom. The fourth-order valence-corrected chi connectivity index (χ4v) is 1.91. The highest BCUT2D eigenvalue weighted by Gasteiger charge is 2.00. The average Bonchev–Trinajstić information content (AvgIpc) is 2.41. The second kappa shape index (κ2) is 11.7. The lowest BCUT2D eigenvalue weighted by atomic mass is 10.1. The highest BCUT2D eigenvalue weighted by Crippen LogP contribution is 2.03. The molecule has 21 heavy (non-hydrogen) atoms. The van der Waals surface area contributed by atoms with Crippen molar-refractivity contribution in [1.82, 2.24) is 0 Å². The largest absolute Gasteiger partial charge is 0.286 e. The Morgan fingerprint density at radius 3 is 2.00 bits per heavy atom. The van der Waals surface area contributed by atoms with Gasteiger partial charge in [0.2, 0.25) is 0 Å². The van der Waals surface area contributed by atoms with Crippen molar-refractivity contribution in [3.63, 3.8) is 0 Å². The maximum atomic E-state index is 9.19. The molecule has 0 aliphatic carbocycles. The first-order valence-electron chi connectivity index (χ1n) is 7.77.